The predicted molar refractivity (Wildman–Crippen MR) is 84.4 cm³/mol. The molecule has 0 fully saturated rings. The minimum Gasteiger partial charge on any atom is -0.380 e. The van der Waals surface area contributed by atoms with E-state index in [0.717, 1.165) is 22.4 Å². The summed E-state index contributed by atoms with van der Waals surface area (Å²) >= 11 is 12.3. The Morgan fingerprint density at radius 1 is 1.05 bits per heavy atom. The lowest BCUT2D eigenvalue weighted by Gasteiger charge is -2.12. The van der Waals surface area contributed by atoms with Gasteiger partial charge in [-0.2, -0.15) is 5.26 Å². The molecule has 1 N–H and O–H groups in total. The summed E-state index contributed by atoms with van der Waals surface area (Å²) in [4.78, 5) is 0. The summed E-state index contributed by atoms with van der Waals surface area (Å²) in [5.41, 5.74) is 4.63. The molecule has 0 unspecified atom stereocenters. The zero-order valence-corrected chi connectivity index (χ0v) is 12.8. The van der Waals surface area contributed by atoms with Gasteiger partial charge in [0, 0.05) is 11.6 Å². The quantitative estimate of drug-likeness (QED) is 0.857. The maximum Gasteiger partial charge on any atom is 0.0991 e. The number of hydrogen-bond acceptors (Lipinski definition) is 2. The van der Waals surface area contributed by atoms with E-state index in [0.29, 0.717) is 22.2 Å². The molecule has 0 amide bonds. The van der Waals surface area contributed by atoms with E-state index in [-0.39, 0.29) is 0 Å². The summed E-state index contributed by atoms with van der Waals surface area (Å²) < 4.78 is 0. The van der Waals surface area contributed by atoms with E-state index >= 15 is 0 Å². The molecule has 4 heteroatoms. The largest absolute Gasteiger partial charge is 0.380 e. The first-order chi connectivity index (χ1) is 9.51. The van der Waals surface area contributed by atoms with Gasteiger partial charge in [-0.3, -0.25) is 0 Å². The molecule has 0 saturated heterocycles. The van der Waals surface area contributed by atoms with Crippen molar-refractivity contribution in [1.82, 2.24) is 0 Å². The Morgan fingerprint density at radius 2 is 1.80 bits per heavy atom. The number of nitrogens with one attached hydrogen (secondary N) is 1. The maximum absolute atomic E-state index is 8.86. The van der Waals surface area contributed by atoms with E-state index in [1.807, 2.05) is 44.2 Å². The molecule has 2 aromatic carbocycles. The zero-order chi connectivity index (χ0) is 14.7. The molecular weight excluding hydrogens is 291 g/mol. The van der Waals surface area contributed by atoms with Crippen molar-refractivity contribution in [1.29, 1.82) is 5.26 Å². The highest BCUT2D eigenvalue weighted by Crippen LogP contribution is 2.29. The summed E-state index contributed by atoms with van der Waals surface area (Å²) in [5, 5.41) is 13.5. The highest BCUT2D eigenvalue weighted by molar-refractivity contribution is 6.35. The molecule has 20 heavy (non-hydrogen) atoms. The van der Waals surface area contributed by atoms with Crippen LogP contribution in [-0.4, -0.2) is 0 Å². The fraction of sp³-hybridized carbons (Fsp3) is 0.188. The number of hydrogen-bond donors (Lipinski definition) is 1. The molecule has 0 aliphatic rings. The van der Waals surface area contributed by atoms with Gasteiger partial charge in [-0.05, 0) is 54.8 Å². The van der Waals surface area contributed by atoms with Gasteiger partial charge in [0.1, 0.15) is 0 Å². The van der Waals surface area contributed by atoms with Crippen LogP contribution in [0.2, 0.25) is 10.0 Å². The molecule has 2 aromatic rings. The highest BCUT2D eigenvalue weighted by atomic mass is 35.5. The Hall–Kier alpha value is -1.69. The fourth-order valence-electron chi connectivity index (χ4n) is 1.94. The standard InChI is InChI=1S/C16H14Cl2N2/c1-10-5-12(8-19)3-4-13(10)9-20-16-7-14(17)11(2)6-15(16)18/h3-7,20H,9H2,1-2H3. The van der Waals surface area contributed by atoms with Crippen molar-refractivity contribution in [2.45, 2.75) is 20.4 Å². The molecule has 2 rings (SSSR count). The van der Waals surface area contributed by atoms with Crippen LogP contribution in [0, 0.1) is 25.2 Å². The van der Waals surface area contributed by atoms with Gasteiger partial charge in [0.25, 0.3) is 0 Å². The van der Waals surface area contributed by atoms with E-state index in [1.165, 1.54) is 0 Å². The number of rotatable bonds is 3. The molecule has 0 radical (unpaired) electrons. The third-order valence-electron chi connectivity index (χ3n) is 3.19. The van der Waals surface area contributed by atoms with E-state index in [2.05, 4.69) is 11.4 Å². The van der Waals surface area contributed by atoms with Crippen LogP contribution in [0.25, 0.3) is 0 Å². The van der Waals surface area contributed by atoms with Crippen LogP contribution in [0.3, 0.4) is 0 Å². The summed E-state index contributed by atoms with van der Waals surface area (Å²) in [6.07, 6.45) is 0. The van der Waals surface area contributed by atoms with Crippen molar-refractivity contribution >= 4 is 28.9 Å². The predicted octanol–water partition coefficient (Wildman–Crippen LogP) is 5.09. The van der Waals surface area contributed by atoms with Crippen LogP contribution < -0.4 is 5.32 Å². The molecule has 0 atom stereocenters. The molecule has 0 aromatic heterocycles. The van der Waals surface area contributed by atoms with Gasteiger partial charge in [-0.1, -0.05) is 29.3 Å². The lowest BCUT2D eigenvalue weighted by atomic mass is 10.1. The normalized spacial score (nSPS) is 10.2. The van der Waals surface area contributed by atoms with Crippen molar-refractivity contribution in [2.75, 3.05) is 5.32 Å². The Labute approximate surface area is 128 Å². The van der Waals surface area contributed by atoms with E-state index < -0.39 is 0 Å². The summed E-state index contributed by atoms with van der Waals surface area (Å²) in [7, 11) is 0. The van der Waals surface area contributed by atoms with Gasteiger partial charge in [0.15, 0.2) is 0 Å². The second-order valence-corrected chi connectivity index (χ2v) is 5.50. The topological polar surface area (TPSA) is 35.8 Å². The smallest absolute Gasteiger partial charge is 0.0991 e. The second-order valence-electron chi connectivity index (χ2n) is 4.69. The van der Waals surface area contributed by atoms with Crippen molar-refractivity contribution in [3.8, 4) is 6.07 Å². The number of nitriles is 1. The van der Waals surface area contributed by atoms with E-state index in [4.69, 9.17) is 28.5 Å². The van der Waals surface area contributed by atoms with Crippen LogP contribution in [-0.2, 0) is 6.54 Å². The number of halogens is 2. The second kappa shape index (κ2) is 6.17. The van der Waals surface area contributed by atoms with Gasteiger partial charge in [0.05, 0.1) is 22.3 Å². The monoisotopic (exact) mass is 304 g/mol. The van der Waals surface area contributed by atoms with Crippen molar-refractivity contribution in [3.05, 3.63) is 62.6 Å². The molecular formula is C16H14Cl2N2. The first-order valence-electron chi connectivity index (χ1n) is 6.20. The Bertz CT molecular complexity index is 688. The minimum absolute atomic E-state index is 0.636. The van der Waals surface area contributed by atoms with Crippen molar-refractivity contribution < 1.29 is 0 Å². The molecule has 2 nitrogen and oxygen atoms in total. The molecule has 0 aliphatic heterocycles. The molecule has 0 aliphatic carbocycles. The van der Waals surface area contributed by atoms with Crippen molar-refractivity contribution in [2.24, 2.45) is 0 Å². The summed E-state index contributed by atoms with van der Waals surface area (Å²) in [6.45, 7) is 4.54. The van der Waals surface area contributed by atoms with Gasteiger partial charge < -0.3 is 5.32 Å². The van der Waals surface area contributed by atoms with Gasteiger partial charge in [0.2, 0.25) is 0 Å². The number of aryl methyl sites for hydroxylation is 2. The summed E-state index contributed by atoms with van der Waals surface area (Å²) in [5.74, 6) is 0. The van der Waals surface area contributed by atoms with Gasteiger partial charge in [-0.25, -0.2) is 0 Å². The SMILES string of the molecule is Cc1cc(Cl)c(NCc2ccc(C#N)cc2C)cc1Cl. The number of benzene rings is 2. The van der Waals surface area contributed by atoms with Crippen molar-refractivity contribution in [3.63, 3.8) is 0 Å². The van der Waals surface area contributed by atoms with Crippen LogP contribution >= 0.6 is 23.2 Å². The molecule has 0 heterocycles. The summed E-state index contributed by atoms with van der Waals surface area (Å²) in [6, 6.07) is 11.4. The molecule has 0 saturated carbocycles. The first kappa shape index (κ1) is 14.7. The number of anilines is 1. The van der Waals surface area contributed by atoms with E-state index in [1.54, 1.807) is 0 Å². The van der Waals surface area contributed by atoms with Gasteiger partial charge in [-0.15, -0.1) is 0 Å². The highest BCUT2D eigenvalue weighted by Gasteiger charge is 2.06. The Morgan fingerprint density at radius 3 is 2.45 bits per heavy atom. The number of nitrogens with zero attached hydrogens (tertiary/aromatic N) is 1. The van der Waals surface area contributed by atoms with Crippen LogP contribution in [0.4, 0.5) is 5.69 Å². The Kier molecular flexibility index (Phi) is 4.54. The zero-order valence-electron chi connectivity index (χ0n) is 11.3. The van der Waals surface area contributed by atoms with Gasteiger partial charge >= 0.3 is 0 Å². The fourth-order valence-corrected chi connectivity index (χ4v) is 2.38. The molecule has 102 valence electrons. The lowest BCUT2D eigenvalue weighted by Crippen LogP contribution is -2.02. The average molecular weight is 305 g/mol. The molecule has 0 spiro atoms. The lowest BCUT2D eigenvalue weighted by molar-refractivity contribution is 1.12. The maximum atomic E-state index is 8.86. The third-order valence-corrected chi connectivity index (χ3v) is 3.91. The Balaban J connectivity index is 2.17. The minimum atomic E-state index is 0.636. The first-order valence-corrected chi connectivity index (χ1v) is 6.96. The molecule has 0 bridgehead atoms. The van der Waals surface area contributed by atoms with E-state index in [9.17, 15) is 0 Å². The van der Waals surface area contributed by atoms with Crippen LogP contribution in [0.1, 0.15) is 22.3 Å². The van der Waals surface area contributed by atoms with Crippen LogP contribution in [0.5, 0.6) is 0 Å². The third kappa shape index (κ3) is 3.25. The average Bonchev–Trinajstić information content (AvgIpc) is 2.42. The van der Waals surface area contributed by atoms with Crippen LogP contribution in [0.15, 0.2) is 30.3 Å².